The zero-order chi connectivity index (χ0) is 19.2. The third-order valence-electron chi connectivity index (χ3n) is 4.83. The van der Waals surface area contributed by atoms with Gasteiger partial charge in [-0.05, 0) is 31.4 Å². The Balaban J connectivity index is 1.77. The molecule has 1 fully saturated rings. The van der Waals surface area contributed by atoms with Crippen molar-refractivity contribution in [3.8, 4) is 6.07 Å². The summed E-state index contributed by atoms with van der Waals surface area (Å²) in [6.07, 6.45) is 3.51. The van der Waals surface area contributed by atoms with Crippen molar-refractivity contribution in [3.63, 3.8) is 0 Å². The minimum absolute atomic E-state index is 0.609. The molecule has 0 radical (unpaired) electrons. The van der Waals surface area contributed by atoms with Gasteiger partial charge in [0.25, 0.3) is 0 Å². The molecule has 4 nitrogen and oxygen atoms in total. The maximum atomic E-state index is 10.0. The molecule has 140 valence electrons. The molecule has 1 N–H and O–H groups in total. The van der Waals surface area contributed by atoms with Gasteiger partial charge in [0.05, 0.1) is 10.7 Å². The molecule has 4 rings (SSSR count). The van der Waals surface area contributed by atoms with E-state index in [2.05, 4.69) is 28.4 Å². The largest absolute Gasteiger partial charge is 0.355 e. The second-order valence-corrected chi connectivity index (χ2v) is 7.66. The van der Waals surface area contributed by atoms with Gasteiger partial charge in [0.2, 0.25) is 0 Å². The number of likely N-dealkylation sites (tertiary alicyclic amines) is 1. The number of aliphatic imine (C=N–C) groups is 1. The number of hydrogen-bond donors (Lipinski definition) is 1. The highest BCUT2D eigenvalue weighted by Gasteiger charge is 2.25. The molecule has 5 heteroatoms. The summed E-state index contributed by atoms with van der Waals surface area (Å²) in [5, 5.41) is 16.3. The van der Waals surface area contributed by atoms with Crippen LogP contribution in [0.5, 0.6) is 0 Å². The third kappa shape index (κ3) is 4.13. The summed E-state index contributed by atoms with van der Waals surface area (Å²) >= 11 is 1.52. The van der Waals surface area contributed by atoms with Gasteiger partial charge in [-0.3, -0.25) is 0 Å². The first-order valence-electron chi connectivity index (χ1n) is 9.58. The molecule has 2 aromatic rings. The van der Waals surface area contributed by atoms with Gasteiger partial charge >= 0.3 is 0 Å². The van der Waals surface area contributed by atoms with Crippen molar-refractivity contribution in [2.45, 2.75) is 19.3 Å². The quantitative estimate of drug-likeness (QED) is 0.761. The van der Waals surface area contributed by atoms with Crippen LogP contribution in [0, 0.1) is 11.3 Å². The Kier molecular flexibility index (Phi) is 5.79. The number of nitrogens with one attached hydrogen (secondary N) is 1. The molecule has 28 heavy (non-hydrogen) atoms. The smallest absolute Gasteiger partial charge is 0.149 e. The maximum absolute atomic E-state index is 10.0. The van der Waals surface area contributed by atoms with Crippen LogP contribution < -0.4 is 5.32 Å². The predicted molar refractivity (Wildman–Crippen MR) is 118 cm³/mol. The number of para-hydroxylation sites is 1. The molecule has 0 amide bonds. The second-order valence-electron chi connectivity index (χ2n) is 6.78. The van der Waals surface area contributed by atoms with Gasteiger partial charge in [-0.1, -0.05) is 60.3 Å². The Morgan fingerprint density at radius 1 is 0.929 bits per heavy atom. The monoisotopic (exact) mass is 386 g/mol. The van der Waals surface area contributed by atoms with Gasteiger partial charge in [-0.2, -0.15) is 5.26 Å². The molecule has 0 unspecified atom stereocenters. The zero-order valence-electron chi connectivity index (χ0n) is 15.6. The highest BCUT2D eigenvalue weighted by Crippen LogP contribution is 2.33. The van der Waals surface area contributed by atoms with E-state index in [0.29, 0.717) is 5.57 Å². The van der Waals surface area contributed by atoms with Crippen molar-refractivity contribution in [1.29, 1.82) is 5.26 Å². The van der Waals surface area contributed by atoms with Gasteiger partial charge in [0.1, 0.15) is 17.5 Å². The van der Waals surface area contributed by atoms with Gasteiger partial charge in [0.15, 0.2) is 0 Å². The maximum Gasteiger partial charge on any atom is 0.149 e. The van der Waals surface area contributed by atoms with Crippen LogP contribution in [0.4, 0.5) is 5.69 Å². The Morgan fingerprint density at radius 3 is 2.29 bits per heavy atom. The molecule has 0 saturated carbocycles. The average molecular weight is 387 g/mol. The van der Waals surface area contributed by atoms with Crippen molar-refractivity contribution < 1.29 is 0 Å². The molecule has 2 aliphatic heterocycles. The molecule has 0 aliphatic carbocycles. The first-order chi connectivity index (χ1) is 13.8. The van der Waals surface area contributed by atoms with Crippen LogP contribution in [0.3, 0.4) is 0 Å². The normalized spacial score (nSPS) is 17.3. The highest BCUT2D eigenvalue weighted by molar-refractivity contribution is 8.06. The van der Waals surface area contributed by atoms with E-state index < -0.39 is 0 Å². The van der Waals surface area contributed by atoms with E-state index in [-0.39, 0.29) is 0 Å². The third-order valence-corrected chi connectivity index (χ3v) is 5.72. The van der Waals surface area contributed by atoms with E-state index in [4.69, 9.17) is 4.99 Å². The molecule has 0 aromatic heterocycles. The molecule has 2 heterocycles. The molecular weight excluding hydrogens is 364 g/mol. The minimum Gasteiger partial charge on any atom is -0.355 e. The number of amidine groups is 1. The fraction of sp³-hybridized carbons (Fsp3) is 0.217. The minimum atomic E-state index is 0.609. The van der Waals surface area contributed by atoms with E-state index in [1.54, 1.807) is 0 Å². The van der Waals surface area contributed by atoms with E-state index in [0.717, 1.165) is 53.7 Å². The molecule has 2 aromatic carbocycles. The van der Waals surface area contributed by atoms with Crippen molar-refractivity contribution in [1.82, 2.24) is 4.90 Å². The summed E-state index contributed by atoms with van der Waals surface area (Å²) in [5.74, 6) is 0.778. The van der Waals surface area contributed by atoms with Crippen LogP contribution in [-0.4, -0.2) is 23.8 Å². The van der Waals surface area contributed by atoms with Crippen LogP contribution in [0.1, 0.15) is 24.8 Å². The van der Waals surface area contributed by atoms with E-state index in [9.17, 15) is 5.26 Å². The SMILES string of the molecule is N#CC1=C(Nc2ccccc2)SC=C(c2ccccc2)N=C1N1CCCCC1. The summed E-state index contributed by atoms with van der Waals surface area (Å²) in [6.45, 7) is 1.88. The lowest BCUT2D eigenvalue weighted by molar-refractivity contribution is 0.343. The molecule has 2 aliphatic rings. The fourth-order valence-electron chi connectivity index (χ4n) is 3.39. The van der Waals surface area contributed by atoms with Crippen molar-refractivity contribution in [2.75, 3.05) is 18.4 Å². The number of nitrogens with zero attached hydrogens (tertiary/aromatic N) is 3. The summed E-state index contributed by atoms with van der Waals surface area (Å²) in [7, 11) is 0. The Hall–Kier alpha value is -2.97. The Bertz CT molecular complexity index is 949. The van der Waals surface area contributed by atoms with Gasteiger partial charge in [-0.25, -0.2) is 4.99 Å². The fourth-order valence-corrected chi connectivity index (χ4v) is 4.24. The molecular formula is C23H22N4S. The molecule has 1 saturated heterocycles. The van der Waals surface area contributed by atoms with Crippen molar-refractivity contribution in [2.24, 2.45) is 4.99 Å². The summed E-state index contributed by atoms with van der Waals surface area (Å²) in [4.78, 5) is 7.24. The van der Waals surface area contributed by atoms with Crippen LogP contribution in [-0.2, 0) is 0 Å². The number of benzene rings is 2. The standard InChI is InChI=1S/C23H22N4S/c24-16-20-22(27-14-8-3-9-15-27)26-21(18-10-4-1-5-11-18)17-28-23(20)25-19-12-6-2-7-13-19/h1-2,4-7,10-13,17,25H,3,8-9,14-15H2. The number of piperidine rings is 1. The zero-order valence-corrected chi connectivity index (χ0v) is 16.5. The van der Waals surface area contributed by atoms with Gasteiger partial charge in [0, 0.05) is 29.7 Å². The lowest BCUT2D eigenvalue weighted by Gasteiger charge is -2.30. The molecule has 0 atom stereocenters. The van der Waals surface area contributed by atoms with E-state index >= 15 is 0 Å². The number of hydrogen-bond acceptors (Lipinski definition) is 5. The lowest BCUT2D eigenvalue weighted by atomic mass is 10.1. The lowest BCUT2D eigenvalue weighted by Crippen LogP contribution is -2.37. The van der Waals surface area contributed by atoms with Crippen LogP contribution in [0.25, 0.3) is 5.70 Å². The van der Waals surface area contributed by atoms with Crippen LogP contribution in [0.15, 0.2) is 81.7 Å². The predicted octanol–water partition coefficient (Wildman–Crippen LogP) is 5.46. The Labute approximate surface area is 170 Å². The summed E-state index contributed by atoms with van der Waals surface area (Å²) in [5.41, 5.74) is 3.52. The summed E-state index contributed by atoms with van der Waals surface area (Å²) in [6, 6.07) is 22.6. The van der Waals surface area contributed by atoms with E-state index in [1.807, 2.05) is 53.9 Å². The van der Waals surface area contributed by atoms with Crippen LogP contribution in [0.2, 0.25) is 0 Å². The first kappa shape index (κ1) is 18.4. The Morgan fingerprint density at radius 2 is 1.61 bits per heavy atom. The summed E-state index contributed by atoms with van der Waals surface area (Å²) < 4.78 is 0. The molecule has 0 bridgehead atoms. The number of nitriles is 1. The van der Waals surface area contributed by atoms with Crippen molar-refractivity contribution >= 4 is 29.0 Å². The van der Waals surface area contributed by atoms with Crippen molar-refractivity contribution in [3.05, 3.63) is 82.2 Å². The molecule has 0 spiro atoms. The highest BCUT2D eigenvalue weighted by atomic mass is 32.2. The topological polar surface area (TPSA) is 51.4 Å². The van der Waals surface area contributed by atoms with E-state index in [1.165, 1.54) is 18.2 Å². The first-order valence-corrected chi connectivity index (χ1v) is 10.5. The number of rotatable bonds is 3. The second kappa shape index (κ2) is 8.81. The van der Waals surface area contributed by atoms with Crippen LogP contribution >= 0.6 is 11.8 Å². The number of thioether (sulfide) groups is 1. The average Bonchev–Trinajstić information content (AvgIpc) is 2.95. The van der Waals surface area contributed by atoms with Gasteiger partial charge in [-0.15, -0.1) is 0 Å². The van der Waals surface area contributed by atoms with Gasteiger partial charge < -0.3 is 10.2 Å². The number of anilines is 1.